The quantitative estimate of drug-likeness (QED) is 0.800. The lowest BCUT2D eigenvalue weighted by atomic mass is 10.0. The molecule has 1 amide bonds. The van der Waals surface area contributed by atoms with E-state index in [0.29, 0.717) is 19.6 Å². The van der Waals surface area contributed by atoms with E-state index in [0.717, 1.165) is 49.5 Å². The standard InChI is InChI=1S/C17H26N2O3S/c1-13-18-14(12-23-13)11-22-16-7-8-19(10-16)17(20)6-5-15-4-2-3-9-21-15/h12,15-16H,2-11H2,1H3. The van der Waals surface area contributed by atoms with Crippen LogP contribution < -0.4 is 0 Å². The molecule has 0 N–H and O–H groups in total. The van der Waals surface area contributed by atoms with Crippen LogP contribution in [0.4, 0.5) is 0 Å². The normalized spacial score (nSPS) is 25.0. The van der Waals surface area contributed by atoms with Crippen molar-refractivity contribution in [1.82, 2.24) is 9.88 Å². The Morgan fingerprint density at radius 2 is 2.39 bits per heavy atom. The fraction of sp³-hybridized carbons (Fsp3) is 0.765. The molecule has 0 aromatic carbocycles. The molecular formula is C17H26N2O3S. The van der Waals surface area contributed by atoms with Crippen LogP contribution in [0.15, 0.2) is 5.38 Å². The summed E-state index contributed by atoms with van der Waals surface area (Å²) in [5, 5.41) is 3.11. The Balaban J connectivity index is 1.35. The maximum Gasteiger partial charge on any atom is 0.222 e. The largest absolute Gasteiger partial charge is 0.378 e. The molecule has 2 unspecified atom stereocenters. The lowest BCUT2D eigenvalue weighted by Gasteiger charge is -2.23. The van der Waals surface area contributed by atoms with Crippen molar-refractivity contribution in [2.24, 2.45) is 0 Å². The molecule has 1 aromatic heterocycles. The Hall–Kier alpha value is -0.980. The molecule has 0 spiro atoms. The fourth-order valence-electron chi connectivity index (χ4n) is 3.25. The average Bonchev–Trinajstić information content (AvgIpc) is 3.20. The third-order valence-electron chi connectivity index (χ3n) is 4.59. The molecule has 2 atom stereocenters. The second-order valence-electron chi connectivity index (χ2n) is 6.45. The molecule has 0 radical (unpaired) electrons. The summed E-state index contributed by atoms with van der Waals surface area (Å²) in [6.45, 7) is 4.93. The minimum absolute atomic E-state index is 0.145. The van der Waals surface area contributed by atoms with E-state index in [2.05, 4.69) is 4.98 Å². The van der Waals surface area contributed by atoms with E-state index < -0.39 is 0 Å². The van der Waals surface area contributed by atoms with Gasteiger partial charge in [-0.2, -0.15) is 0 Å². The Morgan fingerprint density at radius 1 is 1.48 bits per heavy atom. The van der Waals surface area contributed by atoms with Gasteiger partial charge in [0.2, 0.25) is 5.91 Å². The summed E-state index contributed by atoms with van der Waals surface area (Å²) in [5.74, 6) is 0.245. The van der Waals surface area contributed by atoms with E-state index in [-0.39, 0.29) is 18.1 Å². The minimum atomic E-state index is 0.145. The van der Waals surface area contributed by atoms with Gasteiger partial charge in [0.25, 0.3) is 0 Å². The van der Waals surface area contributed by atoms with Crippen molar-refractivity contribution in [3.8, 4) is 0 Å². The van der Waals surface area contributed by atoms with Gasteiger partial charge >= 0.3 is 0 Å². The van der Waals surface area contributed by atoms with Gasteiger partial charge < -0.3 is 14.4 Å². The number of carbonyl (C=O) groups excluding carboxylic acids is 1. The van der Waals surface area contributed by atoms with Crippen LogP contribution in [0.25, 0.3) is 0 Å². The van der Waals surface area contributed by atoms with Gasteiger partial charge in [0.15, 0.2) is 0 Å². The highest BCUT2D eigenvalue weighted by molar-refractivity contribution is 7.09. The number of likely N-dealkylation sites (tertiary alicyclic amines) is 1. The summed E-state index contributed by atoms with van der Waals surface area (Å²) >= 11 is 1.64. The van der Waals surface area contributed by atoms with Crippen molar-refractivity contribution in [3.63, 3.8) is 0 Å². The molecule has 128 valence electrons. The average molecular weight is 338 g/mol. The first-order valence-corrected chi connectivity index (χ1v) is 9.50. The van der Waals surface area contributed by atoms with E-state index in [1.807, 2.05) is 17.2 Å². The molecule has 2 aliphatic rings. The molecule has 3 heterocycles. The van der Waals surface area contributed by atoms with E-state index in [9.17, 15) is 4.79 Å². The zero-order chi connectivity index (χ0) is 16.1. The molecule has 0 bridgehead atoms. The van der Waals surface area contributed by atoms with Gasteiger partial charge in [0.05, 0.1) is 29.5 Å². The predicted octanol–water partition coefficient (Wildman–Crippen LogP) is 2.92. The molecule has 2 fully saturated rings. The van der Waals surface area contributed by atoms with Crippen molar-refractivity contribution in [2.45, 2.75) is 64.3 Å². The molecule has 5 nitrogen and oxygen atoms in total. The third kappa shape index (κ3) is 4.99. The number of aromatic nitrogens is 1. The predicted molar refractivity (Wildman–Crippen MR) is 89.5 cm³/mol. The van der Waals surface area contributed by atoms with Crippen LogP contribution in [-0.2, 0) is 20.9 Å². The number of hydrogen-bond acceptors (Lipinski definition) is 5. The van der Waals surface area contributed by atoms with Crippen molar-refractivity contribution in [3.05, 3.63) is 16.1 Å². The number of ether oxygens (including phenoxy) is 2. The van der Waals surface area contributed by atoms with Crippen LogP contribution in [0.5, 0.6) is 0 Å². The van der Waals surface area contributed by atoms with Crippen LogP contribution in [-0.4, -0.2) is 47.7 Å². The second kappa shape index (κ2) is 8.22. The maximum atomic E-state index is 12.3. The highest BCUT2D eigenvalue weighted by Crippen LogP contribution is 2.20. The lowest BCUT2D eigenvalue weighted by Crippen LogP contribution is -2.31. The zero-order valence-corrected chi connectivity index (χ0v) is 14.6. The Bertz CT molecular complexity index is 514. The first-order valence-electron chi connectivity index (χ1n) is 8.62. The van der Waals surface area contributed by atoms with Crippen molar-refractivity contribution in [1.29, 1.82) is 0 Å². The van der Waals surface area contributed by atoms with E-state index in [1.165, 1.54) is 6.42 Å². The van der Waals surface area contributed by atoms with Gasteiger partial charge in [-0.25, -0.2) is 4.98 Å². The molecular weight excluding hydrogens is 312 g/mol. The van der Waals surface area contributed by atoms with Crippen molar-refractivity contribution < 1.29 is 14.3 Å². The number of carbonyl (C=O) groups is 1. The molecule has 2 aliphatic heterocycles. The Labute approximate surface area is 142 Å². The van der Waals surface area contributed by atoms with Crippen molar-refractivity contribution >= 4 is 17.2 Å². The number of amides is 1. The molecule has 3 rings (SSSR count). The maximum absolute atomic E-state index is 12.3. The monoisotopic (exact) mass is 338 g/mol. The minimum Gasteiger partial charge on any atom is -0.378 e. The SMILES string of the molecule is Cc1nc(COC2CCN(C(=O)CCC3CCCCO3)C2)cs1. The van der Waals surface area contributed by atoms with Gasteiger partial charge in [-0.3, -0.25) is 4.79 Å². The fourth-order valence-corrected chi connectivity index (χ4v) is 3.84. The van der Waals surface area contributed by atoms with Gasteiger partial charge in [-0.15, -0.1) is 11.3 Å². The smallest absolute Gasteiger partial charge is 0.222 e. The second-order valence-corrected chi connectivity index (χ2v) is 7.51. The van der Waals surface area contributed by atoms with Crippen LogP contribution in [0.2, 0.25) is 0 Å². The third-order valence-corrected chi connectivity index (χ3v) is 5.41. The first-order chi connectivity index (χ1) is 11.2. The Kier molecular flexibility index (Phi) is 6.02. The van der Waals surface area contributed by atoms with Gasteiger partial charge in [-0.1, -0.05) is 0 Å². The van der Waals surface area contributed by atoms with Crippen molar-refractivity contribution in [2.75, 3.05) is 19.7 Å². The van der Waals surface area contributed by atoms with Gasteiger partial charge in [0.1, 0.15) is 0 Å². The van der Waals surface area contributed by atoms with Gasteiger partial charge in [0, 0.05) is 31.5 Å². The van der Waals surface area contributed by atoms with Crippen LogP contribution in [0.3, 0.4) is 0 Å². The summed E-state index contributed by atoms with van der Waals surface area (Å²) in [6.07, 6.45) is 6.31. The summed E-state index contributed by atoms with van der Waals surface area (Å²) in [5.41, 5.74) is 0.992. The summed E-state index contributed by atoms with van der Waals surface area (Å²) in [4.78, 5) is 18.7. The molecule has 0 saturated carbocycles. The van der Waals surface area contributed by atoms with E-state index in [4.69, 9.17) is 9.47 Å². The van der Waals surface area contributed by atoms with Crippen LogP contribution in [0, 0.1) is 6.92 Å². The number of aryl methyl sites for hydroxylation is 1. The summed E-state index contributed by atoms with van der Waals surface area (Å²) < 4.78 is 11.6. The summed E-state index contributed by atoms with van der Waals surface area (Å²) in [6, 6.07) is 0. The number of nitrogens with zero attached hydrogens (tertiary/aromatic N) is 2. The molecule has 2 saturated heterocycles. The Morgan fingerprint density at radius 3 is 3.13 bits per heavy atom. The highest BCUT2D eigenvalue weighted by atomic mass is 32.1. The van der Waals surface area contributed by atoms with Gasteiger partial charge in [-0.05, 0) is 39.0 Å². The number of hydrogen-bond donors (Lipinski definition) is 0. The lowest BCUT2D eigenvalue weighted by molar-refractivity contribution is -0.131. The molecule has 6 heteroatoms. The van der Waals surface area contributed by atoms with Crippen LogP contribution in [0.1, 0.15) is 49.2 Å². The highest BCUT2D eigenvalue weighted by Gasteiger charge is 2.27. The molecule has 1 aromatic rings. The molecule has 23 heavy (non-hydrogen) atoms. The molecule has 0 aliphatic carbocycles. The van der Waals surface area contributed by atoms with E-state index >= 15 is 0 Å². The van der Waals surface area contributed by atoms with E-state index in [1.54, 1.807) is 11.3 Å². The first kappa shape index (κ1) is 16.9. The summed E-state index contributed by atoms with van der Waals surface area (Å²) in [7, 11) is 0. The topological polar surface area (TPSA) is 51.7 Å². The van der Waals surface area contributed by atoms with Crippen LogP contribution >= 0.6 is 11.3 Å². The zero-order valence-electron chi connectivity index (χ0n) is 13.8. The number of thiazole rings is 1. The number of rotatable bonds is 6.